The number of thiophene rings is 1. The number of carbonyl (C=O) groups excluding carboxylic acids is 1. The van der Waals surface area contributed by atoms with Crippen molar-refractivity contribution in [2.24, 2.45) is 5.92 Å². The molecule has 6 nitrogen and oxygen atoms in total. The lowest BCUT2D eigenvalue weighted by Gasteiger charge is -2.37. The predicted molar refractivity (Wildman–Crippen MR) is 142 cm³/mol. The van der Waals surface area contributed by atoms with E-state index in [0.717, 1.165) is 36.1 Å². The zero-order valence-electron chi connectivity index (χ0n) is 20.1. The molecule has 2 heterocycles. The molecule has 1 aromatic heterocycles. The molecular weight excluding hydrogens is 516 g/mol. The van der Waals surface area contributed by atoms with Crippen LogP contribution in [0.25, 0.3) is 0 Å². The van der Waals surface area contributed by atoms with Crippen molar-refractivity contribution in [3.05, 3.63) is 81.0 Å². The first-order valence-corrected chi connectivity index (χ1v) is 14.8. The third kappa shape index (κ3) is 5.62. The fourth-order valence-corrected chi connectivity index (χ4v) is 7.04. The fraction of sp³-hybridized carbons (Fsp3) is 0.370. The number of nitrogens with zero attached hydrogens (tertiary/aromatic N) is 2. The molecule has 9 heteroatoms. The highest BCUT2D eigenvalue weighted by molar-refractivity contribution is 7.89. The number of rotatable bonds is 9. The van der Waals surface area contributed by atoms with E-state index in [1.165, 1.54) is 21.3 Å². The molecule has 1 fully saturated rings. The number of aryl methyl sites for hydroxylation is 1. The van der Waals surface area contributed by atoms with Crippen LogP contribution in [0.3, 0.4) is 0 Å². The molecule has 0 radical (unpaired) electrons. The maximum atomic E-state index is 13.7. The molecule has 0 saturated heterocycles. The quantitative estimate of drug-likeness (QED) is 0.366. The van der Waals surface area contributed by atoms with Crippen molar-refractivity contribution in [3.63, 3.8) is 0 Å². The molecule has 0 unspecified atom stereocenters. The topological polar surface area (TPSA) is 66.9 Å². The van der Waals surface area contributed by atoms with Gasteiger partial charge in [-0.1, -0.05) is 29.3 Å². The molecule has 36 heavy (non-hydrogen) atoms. The highest BCUT2D eigenvalue weighted by atomic mass is 35.5. The summed E-state index contributed by atoms with van der Waals surface area (Å²) in [7, 11) is -3.84. The molecule has 1 aliphatic heterocycles. The first kappa shape index (κ1) is 25.3. The van der Waals surface area contributed by atoms with E-state index in [9.17, 15) is 13.2 Å². The van der Waals surface area contributed by atoms with Gasteiger partial charge in [0.05, 0.1) is 17.5 Å². The van der Waals surface area contributed by atoms with Gasteiger partial charge in [0.25, 0.3) is 0 Å². The van der Waals surface area contributed by atoms with Crippen molar-refractivity contribution < 1.29 is 17.9 Å². The van der Waals surface area contributed by atoms with Crippen LogP contribution in [0.2, 0.25) is 5.02 Å². The second-order valence-electron chi connectivity index (χ2n) is 9.47. The van der Waals surface area contributed by atoms with Crippen molar-refractivity contribution in [1.29, 1.82) is 0 Å². The van der Waals surface area contributed by atoms with Crippen LogP contribution in [-0.4, -0.2) is 49.8 Å². The number of sulfonamides is 1. The first-order chi connectivity index (χ1) is 17.3. The van der Waals surface area contributed by atoms with Crippen molar-refractivity contribution in [2.75, 3.05) is 26.2 Å². The smallest absolute Gasteiger partial charge is 0.243 e. The van der Waals surface area contributed by atoms with Crippen LogP contribution >= 0.6 is 22.9 Å². The van der Waals surface area contributed by atoms with Crippen LogP contribution in [0.15, 0.2) is 64.9 Å². The molecule has 0 N–H and O–H groups in total. The Morgan fingerprint density at radius 3 is 2.53 bits per heavy atom. The van der Waals surface area contributed by atoms with E-state index in [2.05, 4.69) is 6.07 Å². The van der Waals surface area contributed by atoms with Crippen molar-refractivity contribution in [1.82, 2.24) is 9.21 Å². The Morgan fingerprint density at radius 2 is 1.83 bits per heavy atom. The van der Waals surface area contributed by atoms with Crippen LogP contribution < -0.4 is 4.74 Å². The largest absolute Gasteiger partial charge is 0.491 e. The van der Waals surface area contributed by atoms with Gasteiger partial charge in [0, 0.05) is 23.0 Å². The standard InChI is InChI=1S/C27H29ClN2O4S2/c1-19-2-8-22(9-3-19)34-18-25-24-13-15-35-26(24)12-14-30(25)27(31)17-29(16-20-4-5-20)36(32,33)23-10-6-21(28)7-11-23/h2-3,6-11,13,15,20,25H,4-5,12,14,16-18H2,1H3/t25-/m0/s1. The van der Waals surface area contributed by atoms with Gasteiger partial charge >= 0.3 is 0 Å². The normalized spacial score (nSPS) is 17.8. The Balaban J connectivity index is 1.37. The summed E-state index contributed by atoms with van der Waals surface area (Å²) >= 11 is 7.66. The highest BCUT2D eigenvalue weighted by Gasteiger charge is 2.37. The van der Waals surface area contributed by atoms with E-state index in [-0.39, 0.29) is 23.4 Å². The molecule has 5 rings (SSSR count). The summed E-state index contributed by atoms with van der Waals surface area (Å²) in [6, 6.07) is 15.7. The van der Waals surface area contributed by atoms with Gasteiger partial charge in [0.15, 0.2) is 0 Å². The molecule has 1 atom stereocenters. The van der Waals surface area contributed by atoms with E-state index in [1.54, 1.807) is 28.4 Å². The molecule has 1 saturated carbocycles. The van der Waals surface area contributed by atoms with Gasteiger partial charge in [-0.25, -0.2) is 8.42 Å². The number of halogens is 1. The molecule has 3 aromatic rings. The summed E-state index contributed by atoms with van der Waals surface area (Å²) in [5.41, 5.74) is 2.23. The van der Waals surface area contributed by atoms with Crippen molar-refractivity contribution in [3.8, 4) is 5.75 Å². The summed E-state index contributed by atoms with van der Waals surface area (Å²) in [4.78, 5) is 16.9. The van der Waals surface area contributed by atoms with Gasteiger partial charge in [-0.05, 0) is 85.5 Å². The summed E-state index contributed by atoms with van der Waals surface area (Å²) in [6.45, 7) is 3.02. The third-order valence-corrected chi connectivity index (χ3v) is 9.84. The summed E-state index contributed by atoms with van der Waals surface area (Å²) in [5.74, 6) is 0.837. The molecule has 0 spiro atoms. The summed E-state index contributed by atoms with van der Waals surface area (Å²) < 4.78 is 34.4. The summed E-state index contributed by atoms with van der Waals surface area (Å²) in [6.07, 6.45) is 2.72. The molecule has 190 valence electrons. The average Bonchev–Trinajstić information content (AvgIpc) is 3.55. The van der Waals surface area contributed by atoms with Gasteiger partial charge < -0.3 is 9.64 Å². The summed E-state index contributed by atoms with van der Waals surface area (Å²) in [5, 5.41) is 2.51. The van der Waals surface area contributed by atoms with E-state index in [0.29, 0.717) is 30.6 Å². The molecule has 2 aromatic carbocycles. The monoisotopic (exact) mass is 544 g/mol. The number of hydrogen-bond acceptors (Lipinski definition) is 5. The maximum Gasteiger partial charge on any atom is 0.243 e. The van der Waals surface area contributed by atoms with Crippen LogP contribution in [0, 0.1) is 12.8 Å². The van der Waals surface area contributed by atoms with Crippen molar-refractivity contribution in [2.45, 2.75) is 37.1 Å². The Hall–Kier alpha value is -2.39. The fourth-order valence-electron chi connectivity index (χ4n) is 4.52. The molecule has 1 aliphatic carbocycles. The zero-order valence-corrected chi connectivity index (χ0v) is 22.5. The second-order valence-corrected chi connectivity index (χ2v) is 12.8. The van der Waals surface area contributed by atoms with Crippen molar-refractivity contribution >= 4 is 38.9 Å². The van der Waals surface area contributed by atoms with Crippen LogP contribution in [0.1, 0.15) is 34.9 Å². The van der Waals surface area contributed by atoms with E-state index < -0.39 is 10.0 Å². The average molecular weight is 545 g/mol. The number of fused-ring (bicyclic) bond motifs is 1. The maximum absolute atomic E-state index is 13.7. The molecule has 0 bridgehead atoms. The third-order valence-electron chi connectivity index (χ3n) is 6.77. The Kier molecular flexibility index (Phi) is 7.40. The van der Waals surface area contributed by atoms with Crippen LogP contribution in [0.4, 0.5) is 0 Å². The van der Waals surface area contributed by atoms with Crippen LogP contribution in [0.5, 0.6) is 5.75 Å². The number of hydrogen-bond donors (Lipinski definition) is 0. The molecule has 1 amide bonds. The lowest BCUT2D eigenvalue weighted by Crippen LogP contribution is -2.48. The van der Waals surface area contributed by atoms with Crippen LogP contribution in [-0.2, 0) is 21.2 Å². The molecule has 2 aliphatic rings. The first-order valence-electron chi connectivity index (χ1n) is 12.1. The van der Waals surface area contributed by atoms with Gasteiger partial charge in [0.2, 0.25) is 15.9 Å². The minimum atomic E-state index is -3.84. The van der Waals surface area contributed by atoms with Gasteiger partial charge in [0.1, 0.15) is 12.4 Å². The van der Waals surface area contributed by atoms with E-state index in [1.807, 2.05) is 36.6 Å². The Bertz CT molecular complexity index is 1320. The molecular formula is C27H29ClN2O4S2. The van der Waals surface area contributed by atoms with E-state index >= 15 is 0 Å². The lowest BCUT2D eigenvalue weighted by molar-refractivity contribution is -0.135. The van der Waals surface area contributed by atoms with Gasteiger partial charge in [-0.15, -0.1) is 11.3 Å². The lowest BCUT2D eigenvalue weighted by atomic mass is 10.0. The number of carbonyl (C=O) groups is 1. The minimum Gasteiger partial charge on any atom is -0.491 e. The highest BCUT2D eigenvalue weighted by Crippen LogP contribution is 2.35. The number of ether oxygens (including phenoxy) is 1. The zero-order chi connectivity index (χ0) is 25.3. The second kappa shape index (κ2) is 10.5. The SMILES string of the molecule is Cc1ccc(OC[C@H]2c3ccsc3CCN2C(=O)CN(CC2CC2)S(=O)(=O)c2ccc(Cl)cc2)cc1. The Labute approximate surface area is 221 Å². The Morgan fingerprint density at radius 1 is 1.11 bits per heavy atom. The predicted octanol–water partition coefficient (Wildman–Crippen LogP) is 5.32. The van der Waals surface area contributed by atoms with Gasteiger partial charge in [-0.3, -0.25) is 4.79 Å². The van der Waals surface area contributed by atoms with E-state index in [4.69, 9.17) is 16.3 Å². The van der Waals surface area contributed by atoms with Gasteiger partial charge in [-0.2, -0.15) is 4.31 Å². The minimum absolute atomic E-state index is 0.151. The number of benzene rings is 2. The number of amides is 1.